The first-order valence-electron chi connectivity index (χ1n) is 15.0. The molecular formula is C35H54F2N4O3. The van der Waals surface area contributed by atoms with Crippen LogP contribution in [0.2, 0.25) is 0 Å². The van der Waals surface area contributed by atoms with Crippen LogP contribution in [-0.2, 0) is 11.2 Å². The van der Waals surface area contributed by atoms with Crippen LogP contribution < -0.4 is 10.6 Å². The van der Waals surface area contributed by atoms with Gasteiger partial charge < -0.3 is 21.0 Å². The van der Waals surface area contributed by atoms with Gasteiger partial charge in [0.1, 0.15) is 23.1 Å². The number of aromatic nitrogens is 1. The molecule has 1 amide bonds. The first kappa shape index (κ1) is 36.7. The molecule has 44 heavy (non-hydrogen) atoms. The number of aryl methyl sites for hydroxylation is 3. The molecule has 0 saturated heterocycles. The van der Waals surface area contributed by atoms with Crippen molar-refractivity contribution in [3.05, 3.63) is 87.7 Å². The third-order valence-electron chi connectivity index (χ3n) is 7.49. The number of nitrogens with zero attached hydrogens (tertiary/aromatic N) is 2. The van der Waals surface area contributed by atoms with Gasteiger partial charge in [-0.05, 0) is 118 Å². The van der Waals surface area contributed by atoms with Gasteiger partial charge in [-0.2, -0.15) is 0 Å². The fourth-order valence-corrected chi connectivity index (χ4v) is 5.53. The van der Waals surface area contributed by atoms with E-state index in [0.717, 1.165) is 40.9 Å². The Morgan fingerprint density at radius 2 is 1.66 bits per heavy atom. The predicted octanol–water partition coefficient (Wildman–Crippen LogP) is 6.42. The zero-order valence-electron chi connectivity index (χ0n) is 27.3. The van der Waals surface area contributed by atoms with Crippen molar-refractivity contribution in [1.29, 1.82) is 0 Å². The fraction of sp³-hybridized carbons (Fsp3) is 0.457. The Balaban J connectivity index is 0. The highest BCUT2D eigenvalue weighted by molar-refractivity contribution is 5.92. The average Bonchev–Trinajstić information content (AvgIpc) is 2.90. The van der Waals surface area contributed by atoms with Crippen LogP contribution in [0, 0.1) is 38.3 Å². The summed E-state index contributed by atoms with van der Waals surface area (Å²) in [6.07, 6.45) is 1.50. The van der Waals surface area contributed by atoms with Crippen molar-refractivity contribution in [2.24, 2.45) is 5.92 Å². The second-order valence-corrected chi connectivity index (χ2v) is 12.3. The lowest BCUT2D eigenvalue weighted by Crippen LogP contribution is -2.44. The quantitative estimate of drug-likeness (QED) is 0.217. The average molecular weight is 617 g/mol. The zero-order valence-corrected chi connectivity index (χ0v) is 27.3. The number of Topliss-reactive ketones (excluding diaryl/α,β-unsaturated/α-hetero) is 1. The second kappa shape index (κ2) is 16.5. The summed E-state index contributed by atoms with van der Waals surface area (Å²) in [7, 11) is 3.99. The number of carbonyl (C=O) groups excluding carboxylic acids is 2. The van der Waals surface area contributed by atoms with Gasteiger partial charge in [-0.3, -0.25) is 9.59 Å². The van der Waals surface area contributed by atoms with Gasteiger partial charge in [-0.25, -0.2) is 13.8 Å². The van der Waals surface area contributed by atoms with Crippen molar-refractivity contribution in [3.63, 3.8) is 0 Å². The molecule has 0 fully saturated rings. The molecule has 0 radical (unpaired) electrons. The first-order valence-corrected chi connectivity index (χ1v) is 15.0. The van der Waals surface area contributed by atoms with Gasteiger partial charge in [0.2, 0.25) is 0 Å². The van der Waals surface area contributed by atoms with Gasteiger partial charge in [0.15, 0.2) is 0 Å². The molecule has 1 aromatic heterocycles. The highest BCUT2D eigenvalue weighted by Crippen LogP contribution is 2.33. The summed E-state index contributed by atoms with van der Waals surface area (Å²) in [4.78, 5) is 32.2. The molecule has 0 unspecified atom stereocenters. The zero-order chi connectivity index (χ0) is 31.8. The third-order valence-corrected chi connectivity index (χ3v) is 7.49. The van der Waals surface area contributed by atoms with E-state index in [9.17, 15) is 14.0 Å². The van der Waals surface area contributed by atoms with E-state index in [4.69, 9.17) is 0 Å². The lowest BCUT2D eigenvalue weighted by molar-refractivity contribution is -0.117. The number of nitrogens with one attached hydrogen (secondary N) is 2. The van der Waals surface area contributed by atoms with Gasteiger partial charge in [0.25, 0.3) is 5.91 Å². The number of amides is 1. The molecule has 3 rings (SSSR count). The third kappa shape index (κ3) is 10.3. The number of hydrogen-bond donors (Lipinski definition) is 2. The van der Waals surface area contributed by atoms with Crippen molar-refractivity contribution in [3.8, 4) is 11.1 Å². The maximum Gasteiger partial charge on any atom is 0.270 e. The molecular weight excluding hydrogens is 562 g/mol. The van der Waals surface area contributed by atoms with Crippen LogP contribution in [-0.4, -0.2) is 60.3 Å². The smallest absolute Gasteiger partial charge is 0.270 e. The van der Waals surface area contributed by atoms with E-state index in [1.165, 1.54) is 19.1 Å². The number of likely N-dealkylation sites (N-methyl/N-ethyl adjacent to an activating group) is 1. The Bertz CT molecular complexity index is 1430. The van der Waals surface area contributed by atoms with E-state index in [2.05, 4.69) is 34.4 Å². The number of halogens is 2. The highest BCUT2D eigenvalue weighted by atomic mass is 19.1. The van der Waals surface area contributed by atoms with Gasteiger partial charge in [-0.1, -0.05) is 19.9 Å². The Morgan fingerprint density at radius 3 is 2.25 bits per heavy atom. The summed E-state index contributed by atoms with van der Waals surface area (Å²) in [5, 5.41) is 6.51. The van der Waals surface area contributed by atoms with Crippen LogP contribution in [0.5, 0.6) is 0 Å². The Labute approximate surface area is 265 Å². The maximum absolute atomic E-state index is 15.7. The number of hydrogen-bond acceptors (Lipinski definition) is 5. The van der Waals surface area contributed by atoms with Crippen LogP contribution >= 0.6 is 0 Å². The molecule has 4 N–H and O–H groups in total. The van der Waals surface area contributed by atoms with Gasteiger partial charge in [0.05, 0.1) is 0 Å². The normalized spacial score (nSPS) is 12.6. The molecule has 246 valence electrons. The van der Waals surface area contributed by atoms with Crippen LogP contribution in [0.4, 0.5) is 8.78 Å². The molecule has 0 aliphatic heterocycles. The van der Waals surface area contributed by atoms with Gasteiger partial charge >= 0.3 is 0 Å². The van der Waals surface area contributed by atoms with Gasteiger partial charge in [0, 0.05) is 53.6 Å². The lowest BCUT2D eigenvalue weighted by atomic mass is 9.90. The van der Waals surface area contributed by atoms with Crippen molar-refractivity contribution in [2.75, 3.05) is 27.2 Å². The molecule has 3 aromatic rings. The first-order chi connectivity index (χ1) is 20.2. The summed E-state index contributed by atoms with van der Waals surface area (Å²) in [6.45, 7) is 12.2. The van der Waals surface area contributed by atoms with Gasteiger partial charge in [-0.15, -0.1) is 0 Å². The highest BCUT2D eigenvalue weighted by Gasteiger charge is 2.24. The van der Waals surface area contributed by atoms with E-state index in [1.54, 1.807) is 25.1 Å². The topological polar surface area (TPSA) is 106 Å². The molecule has 7 nitrogen and oxygen atoms in total. The van der Waals surface area contributed by atoms with E-state index in [1.807, 2.05) is 40.1 Å². The van der Waals surface area contributed by atoms with Crippen molar-refractivity contribution >= 4 is 11.7 Å². The summed E-state index contributed by atoms with van der Waals surface area (Å²) in [5.41, 5.74) is 5.14. The summed E-state index contributed by atoms with van der Waals surface area (Å²) in [5.74, 6) is -0.777. The number of carbonyl (C=O) groups is 2. The number of benzene rings is 2. The monoisotopic (exact) mass is 616 g/mol. The molecule has 1 heterocycles. The molecule has 0 aliphatic carbocycles. The molecule has 2 atom stereocenters. The lowest BCUT2D eigenvalue weighted by Gasteiger charge is -2.26. The Hall–Kier alpha value is -3.53. The molecule has 0 bridgehead atoms. The van der Waals surface area contributed by atoms with Crippen molar-refractivity contribution < 1.29 is 28.1 Å². The standard InChI is InChI=1S/C35H46F2N4O2.H2O.3H2/c1-21(2)14-29(40-35(43)31-11-9-10-28(39-31)12-13-41(7)8)20-38-32(18-25(6)42)30-19-26(15-24(5)34(30)37)33-22(3)16-27(36)17-23(33)4;;;;/h9-11,15-17,19,21,29,32,38H,12-14,18,20H2,1-8H3,(H,40,43);1H2;3*1H/t29-,32-;;;;/m0..../s1. The molecule has 9 heteroatoms. The SMILES string of the molecule is CC(=O)C[C@H](NC[C@H](CC(C)C)NC(=O)c1cccc(CCN(C)C)n1)c1cc(-c2c(C)cc(F)cc2C)cc(C)c1F.O.[HH].[HH].[HH]. The number of ketones is 1. The van der Waals surface area contributed by atoms with Crippen molar-refractivity contribution in [2.45, 2.75) is 72.9 Å². The van der Waals surface area contributed by atoms with E-state index in [0.29, 0.717) is 29.8 Å². The summed E-state index contributed by atoms with van der Waals surface area (Å²) in [6, 6.07) is 11.0. The van der Waals surface area contributed by atoms with E-state index >= 15 is 4.39 Å². The second-order valence-electron chi connectivity index (χ2n) is 12.3. The Kier molecular flexibility index (Phi) is 13.8. The maximum atomic E-state index is 15.7. The predicted molar refractivity (Wildman–Crippen MR) is 179 cm³/mol. The fourth-order valence-electron chi connectivity index (χ4n) is 5.53. The van der Waals surface area contributed by atoms with E-state index < -0.39 is 6.04 Å². The van der Waals surface area contributed by atoms with Crippen LogP contribution in [0.15, 0.2) is 42.5 Å². The van der Waals surface area contributed by atoms with Crippen LogP contribution in [0.25, 0.3) is 11.1 Å². The minimum atomic E-state index is -0.615. The number of rotatable bonds is 14. The molecule has 2 aromatic carbocycles. The van der Waals surface area contributed by atoms with Crippen molar-refractivity contribution in [1.82, 2.24) is 20.5 Å². The van der Waals surface area contributed by atoms with E-state index in [-0.39, 0.29) is 51.5 Å². The Morgan fingerprint density at radius 1 is 1.00 bits per heavy atom. The minimum Gasteiger partial charge on any atom is -0.412 e. The largest absolute Gasteiger partial charge is 0.412 e. The summed E-state index contributed by atoms with van der Waals surface area (Å²) >= 11 is 0. The molecule has 0 aliphatic rings. The molecule has 0 saturated carbocycles. The molecule has 0 spiro atoms. The van der Waals surface area contributed by atoms with Crippen LogP contribution in [0.3, 0.4) is 0 Å². The summed E-state index contributed by atoms with van der Waals surface area (Å²) < 4.78 is 29.7. The number of pyridine rings is 1. The minimum absolute atomic E-state index is 0. The van der Waals surface area contributed by atoms with Crippen LogP contribution in [0.1, 0.15) is 82.4 Å².